The van der Waals surface area contributed by atoms with Crippen LogP contribution in [0.2, 0.25) is 0 Å². The third-order valence-corrected chi connectivity index (χ3v) is 5.83. The fourth-order valence-corrected chi connectivity index (χ4v) is 4.07. The van der Waals surface area contributed by atoms with Gasteiger partial charge in [-0.05, 0) is 55.2 Å². The Morgan fingerprint density at radius 1 is 1.13 bits per heavy atom. The van der Waals surface area contributed by atoms with E-state index in [2.05, 4.69) is 32.2 Å². The van der Waals surface area contributed by atoms with Crippen molar-refractivity contribution in [3.8, 4) is 5.69 Å². The first kappa shape index (κ1) is 20.7. The number of amides is 1. The second-order valence-corrected chi connectivity index (χ2v) is 8.28. The first-order chi connectivity index (χ1) is 14.8. The lowest BCUT2D eigenvalue weighted by molar-refractivity contribution is -0.115. The summed E-state index contributed by atoms with van der Waals surface area (Å²) in [6.45, 7) is 8.19. The third-order valence-electron chi connectivity index (χ3n) is 5.83. The van der Waals surface area contributed by atoms with Gasteiger partial charge in [0.1, 0.15) is 11.3 Å². The predicted molar refractivity (Wildman–Crippen MR) is 123 cm³/mol. The highest BCUT2D eigenvalue weighted by Crippen LogP contribution is 2.29. The molecule has 6 nitrogen and oxygen atoms in total. The van der Waals surface area contributed by atoms with Crippen molar-refractivity contribution in [3.63, 3.8) is 0 Å². The van der Waals surface area contributed by atoms with E-state index >= 15 is 0 Å². The largest absolute Gasteiger partial charge is 0.464 e. The van der Waals surface area contributed by atoms with Crippen LogP contribution in [0.15, 0.2) is 57.9 Å². The van der Waals surface area contributed by atoms with E-state index in [1.165, 1.54) is 11.1 Å². The smallest absolute Gasteiger partial charge is 0.295 e. The van der Waals surface area contributed by atoms with Crippen LogP contribution in [0.4, 0.5) is 5.69 Å². The molecule has 1 N–H and O–H groups in total. The van der Waals surface area contributed by atoms with Crippen LogP contribution in [0.1, 0.15) is 42.1 Å². The number of aryl methyl sites for hydroxylation is 1. The minimum atomic E-state index is -0.255. The Morgan fingerprint density at radius 3 is 2.52 bits per heavy atom. The maximum absolute atomic E-state index is 13.0. The van der Waals surface area contributed by atoms with Crippen molar-refractivity contribution in [1.29, 1.82) is 0 Å². The highest BCUT2D eigenvalue weighted by molar-refractivity contribution is 5.96. The molecule has 1 amide bonds. The summed E-state index contributed by atoms with van der Waals surface area (Å²) in [4.78, 5) is 25.9. The fraction of sp³-hybridized carbons (Fsp3) is 0.280. The zero-order chi connectivity index (χ0) is 22.3. The average Bonchev–Trinajstić information content (AvgIpc) is 3.21. The van der Waals surface area contributed by atoms with Crippen LogP contribution in [0, 0.1) is 13.8 Å². The number of nitrogens with zero attached hydrogens (tertiary/aromatic N) is 2. The molecule has 4 rings (SSSR count). The molecule has 0 unspecified atom stereocenters. The number of hydrogen-bond donors (Lipinski definition) is 1. The van der Waals surface area contributed by atoms with E-state index in [0.717, 1.165) is 22.2 Å². The highest BCUT2D eigenvalue weighted by Gasteiger charge is 2.19. The molecular formula is C25H27N3O3. The van der Waals surface area contributed by atoms with Crippen LogP contribution in [-0.4, -0.2) is 15.3 Å². The minimum absolute atomic E-state index is 0.132. The number of carbonyl (C=O) groups excluding carboxylic acids is 1. The SMILES string of the molecule is Cc1cc2occ(CC(=O)Nc3c(C)n(C)n(-c4ccccc4)c3=O)c2cc1C(C)C. The van der Waals surface area contributed by atoms with Crippen molar-refractivity contribution in [2.45, 2.75) is 40.0 Å². The van der Waals surface area contributed by atoms with Gasteiger partial charge in [-0.2, -0.15) is 0 Å². The zero-order valence-electron chi connectivity index (χ0n) is 18.5. The maximum atomic E-state index is 13.0. The Labute approximate surface area is 181 Å². The van der Waals surface area contributed by atoms with E-state index in [1.807, 2.05) is 43.3 Å². The number of rotatable bonds is 5. The fourth-order valence-electron chi connectivity index (χ4n) is 4.07. The lowest BCUT2D eigenvalue weighted by Crippen LogP contribution is -2.23. The molecule has 31 heavy (non-hydrogen) atoms. The number of nitrogens with one attached hydrogen (secondary N) is 1. The van der Waals surface area contributed by atoms with Crippen LogP contribution in [0.25, 0.3) is 16.7 Å². The number of carbonyl (C=O) groups is 1. The topological polar surface area (TPSA) is 69.2 Å². The van der Waals surface area contributed by atoms with Crippen LogP contribution >= 0.6 is 0 Å². The molecular weight excluding hydrogens is 390 g/mol. The van der Waals surface area contributed by atoms with Gasteiger partial charge >= 0.3 is 0 Å². The quantitative estimate of drug-likeness (QED) is 0.505. The van der Waals surface area contributed by atoms with E-state index in [4.69, 9.17) is 4.42 Å². The first-order valence-electron chi connectivity index (χ1n) is 10.4. The van der Waals surface area contributed by atoms with Gasteiger partial charge in [-0.15, -0.1) is 0 Å². The van der Waals surface area contributed by atoms with Gasteiger partial charge in [-0.1, -0.05) is 32.0 Å². The van der Waals surface area contributed by atoms with E-state index in [0.29, 0.717) is 17.3 Å². The summed E-state index contributed by atoms with van der Waals surface area (Å²) in [6.07, 6.45) is 1.76. The molecule has 0 bridgehead atoms. The Morgan fingerprint density at radius 2 is 1.84 bits per heavy atom. The van der Waals surface area contributed by atoms with Crippen molar-refractivity contribution in [3.05, 3.63) is 81.5 Å². The number of benzene rings is 2. The van der Waals surface area contributed by atoms with Crippen LogP contribution < -0.4 is 10.9 Å². The summed E-state index contributed by atoms with van der Waals surface area (Å²) in [7, 11) is 1.80. The molecule has 2 aromatic heterocycles. The molecule has 2 aromatic carbocycles. The minimum Gasteiger partial charge on any atom is -0.464 e. The molecule has 2 heterocycles. The van der Waals surface area contributed by atoms with Gasteiger partial charge in [0.05, 0.1) is 24.1 Å². The van der Waals surface area contributed by atoms with Crippen molar-refractivity contribution in [2.75, 3.05) is 5.32 Å². The number of fused-ring (bicyclic) bond motifs is 1. The zero-order valence-corrected chi connectivity index (χ0v) is 18.5. The lowest BCUT2D eigenvalue weighted by atomic mass is 9.95. The number of hydrogen-bond acceptors (Lipinski definition) is 3. The highest BCUT2D eigenvalue weighted by atomic mass is 16.3. The Balaban J connectivity index is 1.63. The van der Waals surface area contributed by atoms with Gasteiger partial charge < -0.3 is 9.73 Å². The Kier molecular flexibility index (Phi) is 5.31. The molecule has 6 heteroatoms. The summed E-state index contributed by atoms with van der Waals surface area (Å²) in [5.41, 5.74) is 5.47. The molecule has 0 saturated heterocycles. The van der Waals surface area contributed by atoms with Gasteiger partial charge in [0.25, 0.3) is 5.56 Å². The van der Waals surface area contributed by atoms with E-state index in [1.54, 1.807) is 22.7 Å². The lowest BCUT2D eigenvalue weighted by Gasteiger charge is -2.10. The number of para-hydroxylation sites is 1. The summed E-state index contributed by atoms with van der Waals surface area (Å²) >= 11 is 0. The van der Waals surface area contributed by atoms with Crippen LogP contribution in [-0.2, 0) is 18.3 Å². The van der Waals surface area contributed by atoms with E-state index < -0.39 is 0 Å². The normalized spacial score (nSPS) is 11.4. The van der Waals surface area contributed by atoms with Gasteiger partial charge in [-0.3, -0.25) is 14.3 Å². The summed E-state index contributed by atoms with van der Waals surface area (Å²) in [6, 6.07) is 13.5. The predicted octanol–water partition coefficient (Wildman–Crippen LogP) is 4.84. The summed E-state index contributed by atoms with van der Waals surface area (Å²) in [5.74, 6) is 0.129. The molecule has 0 aliphatic heterocycles. The third kappa shape index (κ3) is 3.69. The van der Waals surface area contributed by atoms with Crippen LogP contribution in [0.5, 0.6) is 0 Å². The standard InChI is InChI=1S/C25H27N3O3/c1-15(2)20-13-21-18(14-31-22(21)11-16(20)3)12-23(29)26-24-17(4)27(5)28(25(24)30)19-9-7-6-8-10-19/h6-11,13-15H,12H2,1-5H3,(H,26,29). The van der Waals surface area contributed by atoms with E-state index in [-0.39, 0.29) is 17.9 Å². The van der Waals surface area contributed by atoms with Crippen molar-refractivity contribution < 1.29 is 9.21 Å². The van der Waals surface area contributed by atoms with Gasteiger partial charge in [0.15, 0.2) is 0 Å². The maximum Gasteiger partial charge on any atom is 0.295 e. The van der Waals surface area contributed by atoms with E-state index in [9.17, 15) is 9.59 Å². The Hall–Kier alpha value is -3.54. The van der Waals surface area contributed by atoms with Gasteiger partial charge in [0, 0.05) is 18.0 Å². The summed E-state index contributed by atoms with van der Waals surface area (Å²) < 4.78 is 8.99. The van der Waals surface area contributed by atoms with Gasteiger partial charge in [-0.25, -0.2) is 4.68 Å². The van der Waals surface area contributed by atoms with Crippen molar-refractivity contribution in [1.82, 2.24) is 9.36 Å². The molecule has 0 atom stereocenters. The molecule has 0 spiro atoms. The monoisotopic (exact) mass is 417 g/mol. The van der Waals surface area contributed by atoms with Crippen molar-refractivity contribution in [2.24, 2.45) is 7.05 Å². The molecule has 0 aliphatic rings. The molecule has 160 valence electrons. The first-order valence-corrected chi connectivity index (χ1v) is 10.4. The summed E-state index contributed by atoms with van der Waals surface area (Å²) in [5, 5.41) is 3.77. The van der Waals surface area contributed by atoms with Crippen molar-refractivity contribution >= 4 is 22.6 Å². The number of anilines is 1. The second kappa shape index (κ2) is 7.95. The second-order valence-electron chi connectivity index (χ2n) is 8.28. The molecule has 0 aliphatic carbocycles. The Bertz CT molecular complexity index is 1320. The van der Waals surface area contributed by atoms with Gasteiger partial charge in [0.2, 0.25) is 5.91 Å². The molecule has 0 saturated carbocycles. The number of furan rings is 1. The molecule has 0 fully saturated rings. The van der Waals surface area contributed by atoms with Crippen LogP contribution in [0.3, 0.4) is 0 Å². The number of aromatic nitrogens is 2. The molecule has 4 aromatic rings. The molecule has 0 radical (unpaired) electrons. The average molecular weight is 418 g/mol.